The van der Waals surface area contributed by atoms with Gasteiger partial charge in [0.25, 0.3) is 0 Å². The van der Waals surface area contributed by atoms with Gasteiger partial charge in [0.15, 0.2) is 12.6 Å². The number of ether oxygens (including phenoxy) is 5. The second kappa shape index (κ2) is 60.0. The summed E-state index contributed by atoms with van der Waals surface area (Å²) in [5, 5.41) is 68.3. The number of nitrogen functional groups attached to an aromatic ring is 1. The summed E-state index contributed by atoms with van der Waals surface area (Å²) in [5.74, 6) is 0. The highest BCUT2D eigenvalue weighted by Gasteiger charge is 2.32. The van der Waals surface area contributed by atoms with E-state index < -0.39 is 6.10 Å². The van der Waals surface area contributed by atoms with Crippen LogP contribution in [-0.2, 0) is 49.9 Å². The number of nitrogens with one attached hydrogen (secondary N) is 3. The number of epoxide rings is 1. The first-order chi connectivity index (χ1) is 68.7. The zero-order chi connectivity index (χ0) is 97.9. The van der Waals surface area contributed by atoms with Gasteiger partial charge in [-0.3, -0.25) is 14.7 Å². The van der Waals surface area contributed by atoms with E-state index in [4.69, 9.17) is 96.9 Å². The van der Waals surface area contributed by atoms with Gasteiger partial charge in [-0.25, -0.2) is 0 Å². The fourth-order valence-corrected chi connectivity index (χ4v) is 17.6. The SMILES string of the molecule is N#Cc1ccc(N)c(Cl)c1.N#Cc1ccc(N2CCN(Cc3ccccc3)C[C@H]2c2ccccc2)c(Cl)c1.N#Cc1ccc(N2CCNC[C@H]2c2ccccc2)c(Cl)c1.N#Cc1ccc(N[C@@H](CN(CCO)Cc2ccccc2)c2ccccc2)c(Cl)c1.O[C@@H](CN(CCOC1CCCCO1)Cc1ccccc1)c1ccccc1.c1ccc(CNCCOC2CCCCO2)cc1.c1ccc([C@@H]2CO2)cc1. The molecule has 5 aliphatic rings. The molecule has 0 saturated carbocycles. The predicted octanol–water partition coefficient (Wildman–Crippen LogP) is 23.1. The van der Waals surface area contributed by atoms with Crippen LogP contribution < -0.4 is 31.5 Å². The molecule has 0 amide bonds. The highest BCUT2D eigenvalue weighted by Crippen LogP contribution is 2.39. The third kappa shape index (κ3) is 36.4. The third-order valence-corrected chi connectivity index (χ3v) is 25.3. The summed E-state index contributed by atoms with van der Waals surface area (Å²) in [4.78, 5) is 11.7. The lowest BCUT2D eigenvalue weighted by atomic mass is 10.0. The number of nitriles is 4. The van der Waals surface area contributed by atoms with Crippen molar-refractivity contribution in [2.45, 2.75) is 108 Å². The first-order valence-corrected chi connectivity index (χ1v) is 49.4. The molecule has 7 N–H and O–H groups in total. The Morgan fingerprint density at radius 3 is 1.36 bits per heavy atom. The van der Waals surface area contributed by atoms with Crippen LogP contribution in [0.5, 0.6) is 0 Å². The maximum absolute atomic E-state index is 10.6. The van der Waals surface area contributed by atoms with E-state index in [-0.39, 0.29) is 37.3 Å². The van der Waals surface area contributed by atoms with E-state index in [9.17, 15) is 10.2 Å². The minimum atomic E-state index is -0.508. The molecular weight excluding hydrogens is 1830 g/mol. The Labute approximate surface area is 846 Å². The first-order valence-electron chi connectivity index (χ1n) is 47.9. The zero-order valence-corrected chi connectivity index (χ0v) is 82.1. The van der Waals surface area contributed by atoms with Gasteiger partial charge in [-0.1, -0.05) is 319 Å². The van der Waals surface area contributed by atoms with Gasteiger partial charge in [-0.15, -0.1) is 0 Å². The second-order valence-electron chi connectivity index (χ2n) is 34.3. The van der Waals surface area contributed by atoms with Gasteiger partial charge in [-0.2, -0.15) is 21.0 Å². The van der Waals surface area contributed by atoms with Crippen molar-refractivity contribution >= 4 is 69.2 Å². The summed E-state index contributed by atoms with van der Waals surface area (Å²) in [7, 11) is 0. The number of aliphatic hydroxyl groups is 2. The van der Waals surface area contributed by atoms with Crippen molar-refractivity contribution in [1.82, 2.24) is 25.3 Å². The average molecular weight is 1960 g/mol. The largest absolute Gasteiger partial charge is 0.398 e. The molecular formula is C116H125Cl4N13O7. The monoisotopic (exact) mass is 1950 g/mol. The van der Waals surface area contributed by atoms with Crippen LogP contribution >= 0.6 is 46.4 Å². The van der Waals surface area contributed by atoms with E-state index in [1.807, 2.05) is 158 Å². The summed E-state index contributed by atoms with van der Waals surface area (Å²) in [6, 6.07) is 123. The van der Waals surface area contributed by atoms with Crippen LogP contribution in [0, 0.1) is 45.3 Å². The number of piperazine rings is 2. The summed E-state index contributed by atoms with van der Waals surface area (Å²) in [6.07, 6.45) is 6.58. The number of benzene rings is 13. The number of hydrogen-bond acceptors (Lipinski definition) is 20. The number of hydrogen-bond donors (Lipinski definition) is 6. The Morgan fingerprint density at radius 2 is 0.886 bits per heavy atom. The molecule has 5 saturated heterocycles. The van der Waals surface area contributed by atoms with Crippen LogP contribution in [0.15, 0.2) is 346 Å². The summed E-state index contributed by atoms with van der Waals surface area (Å²) < 4.78 is 27.8. The third-order valence-electron chi connectivity index (χ3n) is 24.1. The lowest BCUT2D eigenvalue weighted by molar-refractivity contribution is -0.164. The topological polar surface area (TPSA) is 263 Å². The minimum Gasteiger partial charge on any atom is -0.398 e. The number of nitrogens with zero attached hydrogens (tertiary/aromatic N) is 9. The molecule has 7 atom stereocenters. The smallest absolute Gasteiger partial charge is 0.157 e. The molecule has 0 spiro atoms. The van der Waals surface area contributed by atoms with Crippen molar-refractivity contribution < 1.29 is 33.9 Å². The predicted molar refractivity (Wildman–Crippen MR) is 564 cm³/mol. The Hall–Kier alpha value is -12.3. The summed E-state index contributed by atoms with van der Waals surface area (Å²) >= 11 is 25.0. The lowest BCUT2D eigenvalue weighted by Crippen LogP contribution is -2.48. The number of aliphatic hydroxyl groups excluding tert-OH is 2. The quantitative estimate of drug-likeness (QED) is 0.0134. The standard InChI is InChI=1S/C24H24ClN3O.C24H22ClN3.C22H29NO3.C17H16ClN3.C14H21NO2.C8H8O.C7H5ClN2/c25-22-15-20(16-26)11-12-23(22)27-24(21-9-5-2-6-10-21)18-28(13-14-29)17-19-7-3-1-4-8-19;25-22-15-20(16-26)11-12-23(22)28-14-13-27(17-19-7-3-1-4-8-19)18-24(28)21-9-5-2-6-10-21;24-21(20-11-5-2-6-12-20)18-23(17-19-9-3-1-4-10-19)14-16-26-22-13-7-8-15-25-22;18-15-10-13(11-19)6-7-16(15)21-9-8-20-12-17(21)14-4-2-1-3-5-14;1-2-6-13(7-3-1)12-15-9-11-17-14-8-4-5-10-16-14;1-2-4-7(5-3-1)8-6-9-8;8-6-3-5(4-9)1-2-7(6)10/h1-12,15,24,27,29H,13-14,17-18H2;1-12,15,24H,13-14,17-18H2;1-6,9-12,21-22,24H,7-8,13-18H2;1-7,10,17,20H,8-9,12H2;1-3,6-7,14-15H,4-5,8-12H2;1-5,8H,6H2;1-3H,10H2/t2*24-;21-,22?;17-;;8-;/m0000.0./s1. The van der Waals surface area contributed by atoms with Crippen molar-refractivity contribution in [1.29, 1.82) is 21.0 Å². The minimum absolute atomic E-state index is 0.0299. The Bertz CT molecular complexity index is 5910. The normalized spacial score (nSPS) is 16.8. The van der Waals surface area contributed by atoms with Crippen molar-refractivity contribution in [2.24, 2.45) is 0 Å². The molecule has 20 nitrogen and oxygen atoms in total. The Balaban J connectivity index is 0.000000150. The van der Waals surface area contributed by atoms with Gasteiger partial charge >= 0.3 is 0 Å². The van der Waals surface area contributed by atoms with E-state index in [0.717, 1.165) is 152 Å². The number of anilines is 4. The molecule has 0 bridgehead atoms. The van der Waals surface area contributed by atoms with Crippen LogP contribution in [-0.4, -0.2) is 149 Å². The van der Waals surface area contributed by atoms with Gasteiger partial charge in [0.1, 0.15) is 6.10 Å². The molecule has 5 aliphatic heterocycles. The van der Waals surface area contributed by atoms with Crippen LogP contribution in [0.1, 0.15) is 141 Å². The van der Waals surface area contributed by atoms with E-state index in [2.05, 4.69) is 210 Å². The molecule has 5 fully saturated rings. The first kappa shape index (κ1) is 107. The van der Waals surface area contributed by atoms with E-state index >= 15 is 0 Å². The average Bonchev–Trinajstić information content (AvgIpc) is 1.00. The summed E-state index contributed by atoms with van der Waals surface area (Å²) in [5.41, 5.74) is 21.9. The Morgan fingerprint density at radius 1 is 0.450 bits per heavy atom. The van der Waals surface area contributed by atoms with Crippen molar-refractivity contribution in [2.75, 3.05) is 132 Å². The molecule has 140 heavy (non-hydrogen) atoms. The van der Waals surface area contributed by atoms with Crippen molar-refractivity contribution in [3.8, 4) is 24.3 Å². The number of rotatable bonds is 31. The zero-order valence-electron chi connectivity index (χ0n) is 79.1. The lowest BCUT2D eigenvalue weighted by Gasteiger charge is -2.43. The van der Waals surface area contributed by atoms with Crippen molar-refractivity contribution in [3.05, 3.63) is 438 Å². The molecule has 2 unspecified atom stereocenters. The number of nitrogens with two attached hydrogens (primary N) is 1. The van der Waals surface area contributed by atoms with Gasteiger partial charge in [0.2, 0.25) is 0 Å². The molecule has 5 heterocycles. The van der Waals surface area contributed by atoms with E-state index in [1.165, 1.54) is 64.3 Å². The molecule has 0 radical (unpaired) electrons. The van der Waals surface area contributed by atoms with Crippen molar-refractivity contribution in [3.63, 3.8) is 0 Å². The molecule has 0 aromatic heterocycles. The van der Waals surface area contributed by atoms with Gasteiger partial charge in [-0.05, 0) is 161 Å². The van der Waals surface area contributed by atoms with Crippen LogP contribution in [0.3, 0.4) is 0 Å². The van der Waals surface area contributed by atoms with Gasteiger partial charge < -0.3 is 65.4 Å². The molecule has 13 aromatic rings. The Kier molecular flexibility index (Phi) is 45.6. The summed E-state index contributed by atoms with van der Waals surface area (Å²) in [6.45, 7) is 16.3. The maximum Gasteiger partial charge on any atom is 0.157 e. The maximum atomic E-state index is 10.6. The van der Waals surface area contributed by atoms with E-state index in [0.29, 0.717) is 80.4 Å². The van der Waals surface area contributed by atoms with Crippen LogP contribution in [0.4, 0.5) is 22.7 Å². The molecule has 24 heteroatoms. The molecule has 0 aliphatic carbocycles. The highest BCUT2D eigenvalue weighted by molar-refractivity contribution is 6.34. The molecule has 18 rings (SSSR count). The molecule has 13 aromatic carbocycles. The highest BCUT2D eigenvalue weighted by atomic mass is 35.5. The second-order valence-corrected chi connectivity index (χ2v) is 35.9. The fraction of sp³-hybridized carbons (Fsp3) is 0.293. The van der Waals surface area contributed by atoms with Crippen LogP contribution in [0.25, 0.3) is 0 Å². The van der Waals surface area contributed by atoms with E-state index in [1.54, 1.807) is 36.4 Å². The molecule has 724 valence electrons. The van der Waals surface area contributed by atoms with Gasteiger partial charge in [0.05, 0.1) is 140 Å². The van der Waals surface area contributed by atoms with Crippen LogP contribution in [0.2, 0.25) is 20.1 Å². The number of halogens is 4. The van der Waals surface area contributed by atoms with Gasteiger partial charge in [0, 0.05) is 111 Å². The fourth-order valence-electron chi connectivity index (χ4n) is 16.6.